The van der Waals surface area contributed by atoms with Crippen molar-refractivity contribution in [3.8, 4) is 11.5 Å². The third kappa shape index (κ3) is 4.46. The predicted molar refractivity (Wildman–Crippen MR) is 99.2 cm³/mol. The Morgan fingerprint density at radius 2 is 1.76 bits per heavy atom. The first kappa shape index (κ1) is 18.5. The fourth-order valence-corrected chi connectivity index (χ4v) is 4.37. The molecular weight excluding hydrogens is 316 g/mol. The standard InChI is InChI=1S/C20H32N2O3/c1-24-19-8-6-7-16(20(19)25-2)11-22-13-17(18(14-22)15-23)12-21-9-4-3-5-10-21/h6-8,17-18,23H,3-5,9-15H2,1-2H3/t17-,18-/m1/s1. The molecular formula is C20H32N2O3. The maximum atomic E-state index is 9.84. The van der Waals surface area contributed by atoms with Crippen LogP contribution in [-0.4, -0.2) is 68.5 Å². The maximum Gasteiger partial charge on any atom is 0.165 e. The average molecular weight is 348 g/mol. The summed E-state index contributed by atoms with van der Waals surface area (Å²) in [5.74, 6) is 2.53. The minimum atomic E-state index is 0.282. The predicted octanol–water partition coefficient (Wildman–Crippen LogP) is 2.23. The van der Waals surface area contributed by atoms with Crippen molar-refractivity contribution >= 4 is 0 Å². The lowest BCUT2D eigenvalue weighted by atomic mass is 9.95. The molecule has 2 atom stereocenters. The molecule has 1 aromatic carbocycles. The first-order valence-corrected chi connectivity index (χ1v) is 9.50. The largest absolute Gasteiger partial charge is 0.493 e. The van der Waals surface area contributed by atoms with Gasteiger partial charge in [-0.05, 0) is 43.8 Å². The normalized spacial score (nSPS) is 25.2. The lowest BCUT2D eigenvalue weighted by molar-refractivity contribution is 0.149. The van der Waals surface area contributed by atoms with Crippen LogP contribution in [-0.2, 0) is 6.54 Å². The van der Waals surface area contributed by atoms with Crippen molar-refractivity contribution < 1.29 is 14.6 Å². The van der Waals surface area contributed by atoms with Crippen LogP contribution in [0.25, 0.3) is 0 Å². The molecule has 5 heteroatoms. The van der Waals surface area contributed by atoms with Crippen LogP contribution in [0.2, 0.25) is 0 Å². The van der Waals surface area contributed by atoms with Gasteiger partial charge in [-0.3, -0.25) is 4.90 Å². The van der Waals surface area contributed by atoms with Crippen LogP contribution >= 0.6 is 0 Å². The number of nitrogens with zero attached hydrogens (tertiary/aromatic N) is 2. The zero-order chi connectivity index (χ0) is 17.6. The summed E-state index contributed by atoms with van der Waals surface area (Å²) in [6.45, 7) is 6.68. The Balaban J connectivity index is 1.64. The van der Waals surface area contributed by atoms with Crippen molar-refractivity contribution in [3.63, 3.8) is 0 Å². The summed E-state index contributed by atoms with van der Waals surface area (Å²) < 4.78 is 11.0. The smallest absolute Gasteiger partial charge is 0.165 e. The summed E-state index contributed by atoms with van der Waals surface area (Å²) in [4.78, 5) is 5.04. The van der Waals surface area contributed by atoms with E-state index in [1.165, 1.54) is 32.4 Å². The van der Waals surface area contributed by atoms with E-state index in [1.807, 2.05) is 12.1 Å². The second-order valence-corrected chi connectivity index (χ2v) is 7.41. The van der Waals surface area contributed by atoms with E-state index in [0.29, 0.717) is 11.8 Å². The zero-order valence-electron chi connectivity index (χ0n) is 15.6. The summed E-state index contributed by atoms with van der Waals surface area (Å²) in [5, 5.41) is 9.84. The molecule has 2 fully saturated rings. The monoisotopic (exact) mass is 348 g/mol. The van der Waals surface area contributed by atoms with Crippen LogP contribution in [0.15, 0.2) is 18.2 Å². The van der Waals surface area contributed by atoms with Gasteiger partial charge in [-0.15, -0.1) is 0 Å². The number of ether oxygens (including phenoxy) is 2. The number of likely N-dealkylation sites (tertiary alicyclic amines) is 2. The van der Waals surface area contributed by atoms with Gasteiger partial charge < -0.3 is 19.5 Å². The number of benzene rings is 1. The minimum absolute atomic E-state index is 0.282. The Hall–Kier alpha value is -1.30. The molecule has 0 unspecified atom stereocenters. The second kappa shape index (κ2) is 8.88. The summed E-state index contributed by atoms with van der Waals surface area (Å²) >= 11 is 0. The molecule has 2 saturated heterocycles. The van der Waals surface area contributed by atoms with Gasteiger partial charge in [0, 0.05) is 38.3 Å². The van der Waals surface area contributed by atoms with Crippen LogP contribution < -0.4 is 9.47 Å². The quantitative estimate of drug-likeness (QED) is 0.819. The van der Waals surface area contributed by atoms with Gasteiger partial charge >= 0.3 is 0 Å². The number of hydrogen-bond acceptors (Lipinski definition) is 5. The zero-order valence-corrected chi connectivity index (χ0v) is 15.6. The molecule has 1 N–H and O–H groups in total. The molecule has 0 aliphatic carbocycles. The van der Waals surface area contributed by atoms with Gasteiger partial charge in [0.2, 0.25) is 0 Å². The molecule has 25 heavy (non-hydrogen) atoms. The molecule has 0 spiro atoms. The highest BCUT2D eigenvalue weighted by Gasteiger charge is 2.34. The number of piperidine rings is 1. The number of aliphatic hydroxyl groups is 1. The molecule has 0 bridgehead atoms. The topological polar surface area (TPSA) is 45.2 Å². The van der Waals surface area contributed by atoms with Crippen molar-refractivity contribution in [1.29, 1.82) is 0 Å². The Kier molecular flexibility index (Phi) is 6.57. The van der Waals surface area contributed by atoms with Crippen molar-refractivity contribution in [3.05, 3.63) is 23.8 Å². The van der Waals surface area contributed by atoms with Gasteiger partial charge in [0.1, 0.15) is 0 Å². The Morgan fingerprint density at radius 3 is 2.44 bits per heavy atom. The van der Waals surface area contributed by atoms with Crippen molar-refractivity contribution in [2.24, 2.45) is 11.8 Å². The van der Waals surface area contributed by atoms with Gasteiger partial charge in [0.15, 0.2) is 11.5 Å². The number of para-hydroxylation sites is 1. The lowest BCUT2D eigenvalue weighted by Gasteiger charge is -2.30. The fraction of sp³-hybridized carbons (Fsp3) is 0.700. The van der Waals surface area contributed by atoms with E-state index in [1.54, 1.807) is 14.2 Å². The average Bonchev–Trinajstić information content (AvgIpc) is 3.03. The molecule has 140 valence electrons. The molecule has 2 aliphatic heterocycles. The maximum absolute atomic E-state index is 9.84. The highest BCUT2D eigenvalue weighted by atomic mass is 16.5. The van der Waals surface area contributed by atoms with Crippen molar-refractivity contribution in [2.45, 2.75) is 25.8 Å². The van der Waals surface area contributed by atoms with Gasteiger partial charge in [-0.2, -0.15) is 0 Å². The molecule has 2 aliphatic rings. The van der Waals surface area contributed by atoms with Crippen LogP contribution in [0.4, 0.5) is 0 Å². The molecule has 3 rings (SSSR count). The summed E-state index contributed by atoms with van der Waals surface area (Å²) in [6.07, 6.45) is 4.01. The molecule has 0 radical (unpaired) electrons. The van der Waals surface area contributed by atoms with E-state index in [2.05, 4.69) is 15.9 Å². The number of hydrogen-bond donors (Lipinski definition) is 1. The lowest BCUT2D eigenvalue weighted by Crippen LogP contribution is -2.37. The Bertz CT molecular complexity index is 546. The molecule has 0 amide bonds. The second-order valence-electron chi connectivity index (χ2n) is 7.41. The molecule has 0 aromatic heterocycles. The van der Waals surface area contributed by atoms with Gasteiger partial charge in [-0.1, -0.05) is 18.6 Å². The van der Waals surface area contributed by atoms with E-state index in [0.717, 1.165) is 43.2 Å². The Morgan fingerprint density at radius 1 is 1.00 bits per heavy atom. The highest BCUT2D eigenvalue weighted by molar-refractivity contribution is 5.46. The van der Waals surface area contributed by atoms with E-state index in [4.69, 9.17) is 9.47 Å². The third-order valence-corrected chi connectivity index (χ3v) is 5.71. The number of aliphatic hydroxyl groups excluding tert-OH is 1. The van der Waals surface area contributed by atoms with E-state index >= 15 is 0 Å². The molecule has 5 nitrogen and oxygen atoms in total. The van der Waals surface area contributed by atoms with E-state index < -0.39 is 0 Å². The molecule has 0 saturated carbocycles. The number of rotatable bonds is 7. The summed E-state index contributed by atoms with van der Waals surface area (Å²) in [6, 6.07) is 6.05. The van der Waals surface area contributed by atoms with Crippen LogP contribution in [0, 0.1) is 11.8 Å². The SMILES string of the molecule is COc1cccc(CN2C[C@@H](CN3CCCCC3)[C@@H](CO)C2)c1OC. The van der Waals surface area contributed by atoms with Crippen LogP contribution in [0.5, 0.6) is 11.5 Å². The van der Waals surface area contributed by atoms with Crippen molar-refractivity contribution in [1.82, 2.24) is 9.80 Å². The van der Waals surface area contributed by atoms with Gasteiger partial charge in [-0.25, -0.2) is 0 Å². The first-order chi connectivity index (χ1) is 12.2. The van der Waals surface area contributed by atoms with Crippen LogP contribution in [0.1, 0.15) is 24.8 Å². The molecule has 1 aromatic rings. The fourth-order valence-electron chi connectivity index (χ4n) is 4.37. The van der Waals surface area contributed by atoms with Gasteiger partial charge in [0.05, 0.1) is 14.2 Å². The first-order valence-electron chi connectivity index (χ1n) is 9.50. The Labute approximate surface area is 151 Å². The summed E-state index contributed by atoms with van der Waals surface area (Å²) in [5.41, 5.74) is 1.15. The highest BCUT2D eigenvalue weighted by Crippen LogP contribution is 2.33. The van der Waals surface area contributed by atoms with E-state index in [-0.39, 0.29) is 6.61 Å². The van der Waals surface area contributed by atoms with Crippen LogP contribution in [0.3, 0.4) is 0 Å². The minimum Gasteiger partial charge on any atom is -0.493 e. The van der Waals surface area contributed by atoms with Crippen molar-refractivity contribution in [2.75, 3.05) is 53.6 Å². The van der Waals surface area contributed by atoms with Gasteiger partial charge in [0.25, 0.3) is 0 Å². The third-order valence-electron chi connectivity index (χ3n) is 5.71. The van der Waals surface area contributed by atoms with E-state index in [9.17, 15) is 5.11 Å². The summed E-state index contributed by atoms with van der Waals surface area (Å²) in [7, 11) is 3.37. The molecule has 2 heterocycles. The number of methoxy groups -OCH3 is 2.